The molecule has 0 saturated heterocycles. The molecule has 108 valence electrons. The fourth-order valence-electron chi connectivity index (χ4n) is 3.14. The van der Waals surface area contributed by atoms with E-state index in [-0.39, 0.29) is 11.3 Å². The van der Waals surface area contributed by atoms with Crippen LogP contribution in [0, 0.1) is 5.82 Å². The molecule has 0 atom stereocenters. The first-order chi connectivity index (χ1) is 10.3. The van der Waals surface area contributed by atoms with Crippen molar-refractivity contribution < 1.29 is 9.18 Å². The van der Waals surface area contributed by atoms with Crippen molar-refractivity contribution in [3.8, 4) is 0 Å². The van der Waals surface area contributed by atoms with Gasteiger partial charge in [-0.15, -0.1) is 0 Å². The minimum absolute atomic E-state index is 0.142. The Kier molecular flexibility index (Phi) is 4.14. The van der Waals surface area contributed by atoms with Gasteiger partial charge in [-0.1, -0.05) is 55.7 Å². The maximum absolute atomic E-state index is 13.7. The van der Waals surface area contributed by atoms with Crippen molar-refractivity contribution >= 4 is 5.78 Å². The Morgan fingerprint density at radius 2 is 1.57 bits per heavy atom. The molecular formula is C19H19FO. The molecule has 0 radical (unpaired) electrons. The lowest BCUT2D eigenvalue weighted by Crippen LogP contribution is -2.06. The molecule has 2 aromatic rings. The summed E-state index contributed by atoms with van der Waals surface area (Å²) in [5.41, 5.74) is 2.00. The Hall–Kier alpha value is -1.96. The molecule has 1 fully saturated rings. The SMILES string of the molecule is O=C(c1ccc(C2CCCCC2)cc1)c1ccccc1F. The first kappa shape index (κ1) is 14.0. The molecule has 0 bridgehead atoms. The normalized spacial score (nSPS) is 15.9. The van der Waals surface area contributed by atoms with Crippen LogP contribution in [0.3, 0.4) is 0 Å². The van der Waals surface area contributed by atoms with Crippen LogP contribution in [0.1, 0.15) is 59.5 Å². The molecule has 1 saturated carbocycles. The predicted molar refractivity (Wildman–Crippen MR) is 82.1 cm³/mol. The molecule has 1 nitrogen and oxygen atoms in total. The standard InChI is InChI=1S/C19H19FO/c20-18-9-5-4-8-17(18)19(21)16-12-10-15(11-13-16)14-6-2-1-3-7-14/h4-5,8-14H,1-3,6-7H2. The topological polar surface area (TPSA) is 17.1 Å². The van der Waals surface area contributed by atoms with E-state index in [1.54, 1.807) is 12.1 Å². The molecule has 2 heteroatoms. The minimum atomic E-state index is -0.459. The van der Waals surface area contributed by atoms with Gasteiger partial charge in [0.25, 0.3) is 0 Å². The quantitative estimate of drug-likeness (QED) is 0.715. The molecule has 1 aliphatic carbocycles. The number of hydrogen-bond donors (Lipinski definition) is 0. The van der Waals surface area contributed by atoms with E-state index in [9.17, 15) is 9.18 Å². The van der Waals surface area contributed by atoms with Crippen LogP contribution in [0.2, 0.25) is 0 Å². The Labute approximate surface area is 124 Å². The second-order valence-corrected chi connectivity index (χ2v) is 5.77. The van der Waals surface area contributed by atoms with Gasteiger partial charge < -0.3 is 0 Å². The molecule has 3 rings (SSSR count). The van der Waals surface area contributed by atoms with E-state index < -0.39 is 5.82 Å². The Bertz CT molecular complexity index is 624. The van der Waals surface area contributed by atoms with Gasteiger partial charge in [-0.3, -0.25) is 4.79 Å². The molecule has 0 unspecified atom stereocenters. The van der Waals surface area contributed by atoms with Crippen molar-refractivity contribution in [2.45, 2.75) is 38.0 Å². The summed E-state index contributed by atoms with van der Waals surface area (Å²) in [5.74, 6) is -0.0847. The van der Waals surface area contributed by atoms with Gasteiger partial charge in [-0.05, 0) is 36.5 Å². The highest BCUT2D eigenvalue weighted by molar-refractivity contribution is 6.09. The average Bonchev–Trinajstić information content (AvgIpc) is 2.56. The van der Waals surface area contributed by atoms with E-state index in [0.29, 0.717) is 11.5 Å². The molecule has 0 aliphatic heterocycles. The monoisotopic (exact) mass is 282 g/mol. The zero-order valence-electron chi connectivity index (χ0n) is 12.0. The minimum Gasteiger partial charge on any atom is -0.288 e. The molecule has 21 heavy (non-hydrogen) atoms. The van der Waals surface area contributed by atoms with Crippen LogP contribution in [-0.4, -0.2) is 5.78 Å². The van der Waals surface area contributed by atoms with Gasteiger partial charge in [0.1, 0.15) is 5.82 Å². The van der Waals surface area contributed by atoms with Crippen molar-refractivity contribution in [3.63, 3.8) is 0 Å². The number of ketones is 1. The molecule has 0 heterocycles. The number of carbonyl (C=O) groups excluding carboxylic acids is 1. The third-order valence-electron chi connectivity index (χ3n) is 4.37. The first-order valence-corrected chi connectivity index (χ1v) is 7.65. The van der Waals surface area contributed by atoms with Crippen LogP contribution in [0.15, 0.2) is 48.5 Å². The molecule has 2 aromatic carbocycles. The number of rotatable bonds is 3. The van der Waals surface area contributed by atoms with Crippen LogP contribution in [-0.2, 0) is 0 Å². The summed E-state index contributed by atoms with van der Waals surface area (Å²) in [7, 11) is 0. The van der Waals surface area contributed by atoms with E-state index in [0.717, 1.165) is 0 Å². The molecule has 0 N–H and O–H groups in total. The second kappa shape index (κ2) is 6.21. The number of hydrogen-bond acceptors (Lipinski definition) is 1. The largest absolute Gasteiger partial charge is 0.288 e. The van der Waals surface area contributed by atoms with Crippen molar-refractivity contribution in [3.05, 3.63) is 71.0 Å². The van der Waals surface area contributed by atoms with Gasteiger partial charge in [-0.2, -0.15) is 0 Å². The molecular weight excluding hydrogens is 263 g/mol. The van der Waals surface area contributed by atoms with Crippen LogP contribution < -0.4 is 0 Å². The van der Waals surface area contributed by atoms with Crippen LogP contribution in [0.25, 0.3) is 0 Å². The second-order valence-electron chi connectivity index (χ2n) is 5.77. The predicted octanol–water partition coefficient (Wildman–Crippen LogP) is 5.10. The zero-order chi connectivity index (χ0) is 14.7. The van der Waals surface area contributed by atoms with E-state index in [1.807, 2.05) is 24.3 Å². The van der Waals surface area contributed by atoms with E-state index in [4.69, 9.17) is 0 Å². The lowest BCUT2D eigenvalue weighted by molar-refractivity contribution is 0.103. The Morgan fingerprint density at radius 3 is 2.24 bits per heavy atom. The average molecular weight is 282 g/mol. The van der Waals surface area contributed by atoms with Crippen LogP contribution in [0.4, 0.5) is 4.39 Å². The lowest BCUT2D eigenvalue weighted by atomic mass is 9.83. The molecule has 0 aromatic heterocycles. The molecule has 0 spiro atoms. The third-order valence-corrected chi connectivity index (χ3v) is 4.37. The lowest BCUT2D eigenvalue weighted by Gasteiger charge is -2.22. The van der Waals surface area contributed by atoms with Crippen molar-refractivity contribution in [1.29, 1.82) is 0 Å². The Morgan fingerprint density at radius 1 is 0.905 bits per heavy atom. The smallest absolute Gasteiger partial charge is 0.195 e. The summed E-state index contributed by atoms with van der Waals surface area (Å²) in [5, 5.41) is 0. The molecule has 0 amide bonds. The van der Waals surface area contributed by atoms with Crippen LogP contribution >= 0.6 is 0 Å². The Balaban J connectivity index is 1.80. The number of halogens is 1. The number of carbonyl (C=O) groups is 1. The summed E-state index contributed by atoms with van der Waals surface area (Å²) >= 11 is 0. The van der Waals surface area contributed by atoms with E-state index in [1.165, 1.54) is 49.8 Å². The summed E-state index contributed by atoms with van der Waals surface area (Å²) in [6, 6.07) is 13.9. The zero-order valence-corrected chi connectivity index (χ0v) is 12.0. The van der Waals surface area contributed by atoms with Gasteiger partial charge in [0, 0.05) is 5.56 Å². The summed E-state index contributed by atoms with van der Waals surface area (Å²) in [6.07, 6.45) is 6.39. The summed E-state index contributed by atoms with van der Waals surface area (Å²) < 4.78 is 13.7. The summed E-state index contributed by atoms with van der Waals surface area (Å²) in [4.78, 5) is 12.3. The van der Waals surface area contributed by atoms with Gasteiger partial charge in [0.15, 0.2) is 5.78 Å². The number of benzene rings is 2. The summed E-state index contributed by atoms with van der Waals surface area (Å²) in [6.45, 7) is 0. The maximum Gasteiger partial charge on any atom is 0.195 e. The highest BCUT2D eigenvalue weighted by Crippen LogP contribution is 2.32. The highest BCUT2D eigenvalue weighted by Gasteiger charge is 2.17. The van der Waals surface area contributed by atoms with Crippen molar-refractivity contribution in [1.82, 2.24) is 0 Å². The first-order valence-electron chi connectivity index (χ1n) is 7.65. The fraction of sp³-hybridized carbons (Fsp3) is 0.316. The fourth-order valence-corrected chi connectivity index (χ4v) is 3.14. The van der Waals surface area contributed by atoms with Gasteiger partial charge in [0.05, 0.1) is 5.56 Å². The van der Waals surface area contributed by atoms with Gasteiger partial charge in [-0.25, -0.2) is 4.39 Å². The van der Waals surface area contributed by atoms with Crippen molar-refractivity contribution in [2.24, 2.45) is 0 Å². The molecule has 1 aliphatic rings. The van der Waals surface area contributed by atoms with E-state index >= 15 is 0 Å². The van der Waals surface area contributed by atoms with E-state index in [2.05, 4.69) is 0 Å². The maximum atomic E-state index is 13.7. The van der Waals surface area contributed by atoms with Crippen LogP contribution in [0.5, 0.6) is 0 Å². The van der Waals surface area contributed by atoms with Gasteiger partial charge in [0.2, 0.25) is 0 Å². The van der Waals surface area contributed by atoms with Crippen molar-refractivity contribution in [2.75, 3.05) is 0 Å². The van der Waals surface area contributed by atoms with Gasteiger partial charge >= 0.3 is 0 Å². The third kappa shape index (κ3) is 3.05. The highest BCUT2D eigenvalue weighted by atomic mass is 19.1.